The number of anilines is 4. The van der Waals surface area contributed by atoms with Gasteiger partial charge in [0.05, 0.1) is 74.4 Å². The van der Waals surface area contributed by atoms with Crippen molar-refractivity contribution in [3.63, 3.8) is 0 Å². The summed E-state index contributed by atoms with van der Waals surface area (Å²) in [6.45, 7) is 11.7. The van der Waals surface area contributed by atoms with Crippen LogP contribution in [0.15, 0.2) is 91.0 Å². The van der Waals surface area contributed by atoms with Gasteiger partial charge < -0.3 is 93.8 Å². The Morgan fingerprint density at radius 3 is 1.28 bits per heavy atom. The van der Waals surface area contributed by atoms with Gasteiger partial charge in [-0.3, -0.25) is 102 Å². The van der Waals surface area contributed by atoms with Crippen molar-refractivity contribution in [1.82, 2.24) is 76.0 Å². The molecule has 3 heterocycles. The molecule has 47 heteroatoms. The fourth-order valence-electron chi connectivity index (χ4n) is 16.4. The number of fused-ring (bicyclic) bond motifs is 1. The summed E-state index contributed by atoms with van der Waals surface area (Å²) < 4.78 is 0. The lowest BCUT2D eigenvalue weighted by atomic mass is 9.85. The maximum Gasteiger partial charge on any atom is 0.326 e. The minimum absolute atomic E-state index is 0.0221. The van der Waals surface area contributed by atoms with Crippen molar-refractivity contribution in [2.75, 3.05) is 222 Å². The summed E-state index contributed by atoms with van der Waals surface area (Å²) in [6.07, 6.45) is 8.17. The molecule has 17 N–H and O–H groups in total. The van der Waals surface area contributed by atoms with Crippen LogP contribution in [-0.2, 0) is 88.3 Å². The number of thiocarbonyl (C=S) groups is 4. The van der Waals surface area contributed by atoms with Gasteiger partial charge in [-0.2, -0.15) is 23.5 Å². The number of carboxylic acid groups (broad SMARTS) is 7. The zero-order valence-electron chi connectivity index (χ0n) is 83.4. The van der Waals surface area contributed by atoms with E-state index in [0.717, 1.165) is 44.2 Å². The summed E-state index contributed by atoms with van der Waals surface area (Å²) in [7, 11) is 0. The van der Waals surface area contributed by atoms with Gasteiger partial charge in [-0.1, -0.05) is 93.3 Å². The van der Waals surface area contributed by atoms with E-state index in [2.05, 4.69) is 53.2 Å². The van der Waals surface area contributed by atoms with Gasteiger partial charge in [0.1, 0.15) is 6.04 Å². The first-order chi connectivity index (χ1) is 69.1. The number of amides is 7. The quantitative estimate of drug-likeness (QED) is 0.0188. The van der Waals surface area contributed by atoms with Gasteiger partial charge in [0.2, 0.25) is 23.6 Å². The van der Waals surface area contributed by atoms with E-state index in [1.165, 1.54) is 11.8 Å². The number of ketones is 2. The average molecular weight is 2130 g/mol. The Morgan fingerprint density at radius 2 is 0.834 bits per heavy atom. The Hall–Kier alpha value is -10.9. The number of rotatable bonds is 54. The molecule has 0 aromatic heterocycles. The Morgan fingerprint density at radius 1 is 0.414 bits per heavy atom. The number of unbranched alkanes of at least 4 members (excludes halogenated alkanes) is 1. The van der Waals surface area contributed by atoms with E-state index in [1.807, 2.05) is 97.7 Å². The summed E-state index contributed by atoms with van der Waals surface area (Å²) in [5.74, 6) is -9.34. The molecule has 3 aliphatic rings. The molecule has 0 aliphatic carbocycles. The van der Waals surface area contributed by atoms with Crippen LogP contribution in [-0.4, -0.2) is 408 Å². The van der Waals surface area contributed by atoms with Gasteiger partial charge in [-0.25, -0.2) is 9.59 Å². The number of hydrogen-bond acceptors (Lipinski definition) is 29. The molecule has 0 radical (unpaired) electrons. The van der Waals surface area contributed by atoms with Gasteiger partial charge in [0, 0.05) is 197 Å². The normalized spacial score (nSPS) is 15.8. The molecule has 0 bridgehead atoms. The molecule has 5 atom stereocenters. The molecule has 2 saturated heterocycles. The van der Waals surface area contributed by atoms with Crippen molar-refractivity contribution < 1.29 is 108 Å². The predicted molar refractivity (Wildman–Crippen MR) is 574 cm³/mol. The summed E-state index contributed by atoms with van der Waals surface area (Å²) >= 11 is 24.2. The van der Waals surface area contributed by atoms with Crippen LogP contribution in [0.4, 0.5) is 27.5 Å². The zero-order chi connectivity index (χ0) is 106. The van der Waals surface area contributed by atoms with Crippen molar-refractivity contribution in [3.05, 3.63) is 119 Å². The molecule has 0 saturated carbocycles. The van der Waals surface area contributed by atoms with E-state index < -0.39 is 83.7 Å². The number of hydrogen-bond donors (Lipinski definition) is 17. The summed E-state index contributed by atoms with van der Waals surface area (Å²) in [5, 5.41) is 96.6. The molecular weight excluding hydrogens is 1990 g/mol. The maximum atomic E-state index is 13.9. The molecule has 7 amide bonds. The monoisotopic (exact) mass is 2130 g/mol. The van der Waals surface area contributed by atoms with Crippen LogP contribution in [0.2, 0.25) is 0 Å². The number of urea groups is 1. The summed E-state index contributed by atoms with van der Waals surface area (Å²) in [4.78, 5) is 208. The van der Waals surface area contributed by atoms with Gasteiger partial charge in [-0.05, 0) is 189 Å². The largest absolute Gasteiger partial charge is 0.480 e. The van der Waals surface area contributed by atoms with Crippen LogP contribution in [0.5, 0.6) is 0 Å². The highest BCUT2D eigenvalue weighted by atomic mass is 32.2. The van der Waals surface area contributed by atoms with Crippen LogP contribution in [0, 0.1) is 11.8 Å². The first-order valence-electron chi connectivity index (χ1n) is 48.5. The molecule has 4 aromatic rings. The second-order valence-electron chi connectivity index (χ2n) is 36.0. The number of carbonyl (C=O) groups is 15. The molecule has 7 rings (SSSR count). The van der Waals surface area contributed by atoms with Crippen LogP contribution in [0.3, 0.4) is 0 Å². The molecule has 3 aliphatic heterocycles. The van der Waals surface area contributed by atoms with Gasteiger partial charge >= 0.3 is 47.8 Å². The zero-order valence-corrected chi connectivity index (χ0v) is 88.3. The van der Waals surface area contributed by atoms with E-state index in [1.54, 1.807) is 89.4 Å². The van der Waals surface area contributed by atoms with E-state index in [-0.39, 0.29) is 225 Å². The standard InChI is InChI=1S/C49H70N10O12S3.C49H73N9O10S3/c1-33(72)51-35-9-11-36(12-10-35)52-49(73)50-17-4-3-8-40(48(70)71)53-42(61)14-13-41(60)39(16-27-74-2)54-47(69)38-7-5-6-34-28-59(18-15-37(34)38)43(62)29-55-19-21-56(30-44(63)64)23-25-58(32-46(67)68)26-24-57(22-20-55)31-45(65)66;1-5-34(2)41(48(67)50-17-6-7-40(70)27-36-8-12-38(13-9-36)52-35(3)69)28-43(59)42(16-26-71-4)54-49(68)53-39-14-10-37(11-15-39)29-51-44(60)30-55-18-20-56(31-45(61)62)22-24-58(33-47(65)66)25-23-57(21-19-55)32-46(63)64/h5-7,9-12,39-40H,3-4,8,13-32H2,1-2H3,(H,51,72)(H,53,61)(H,54,69)(H,63,64)(H,65,66)(H,67,68)(H,70,71)(H2,50,52,73);8-15,34,41-42H,5-7,16-33H2,1-4H3,(H,50,67)(H,51,60)(H,52,69)(H,61,62)(H,63,64)(H,65,66)(H2,53,54,68)/t39-,40-;34-,41-,42-/m00/s1. The molecule has 41 nitrogen and oxygen atoms in total. The van der Waals surface area contributed by atoms with Crippen molar-refractivity contribution in [2.24, 2.45) is 11.8 Å². The van der Waals surface area contributed by atoms with E-state index >= 15 is 0 Å². The Kier molecular flexibility index (Phi) is 56.8. The molecule has 145 heavy (non-hydrogen) atoms. The average Bonchev–Trinajstić information content (AvgIpc) is 0.793. The number of carboxylic acids is 7. The number of Topliss-reactive ketones (excluding diaryl/α,β-unsaturated/α-hetero) is 2. The third-order valence-corrected chi connectivity index (χ3v) is 26.6. The number of nitrogens with one attached hydrogen (secondary N) is 10. The molecule has 798 valence electrons. The number of benzene rings is 4. The molecule has 0 spiro atoms. The third kappa shape index (κ3) is 50.4. The minimum atomic E-state index is -1.20. The Labute approximate surface area is 877 Å². The second kappa shape index (κ2) is 67.0. The highest BCUT2D eigenvalue weighted by Gasteiger charge is 2.34. The summed E-state index contributed by atoms with van der Waals surface area (Å²) in [5.41, 5.74) is 6.68. The van der Waals surface area contributed by atoms with Crippen LogP contribution in [0.25, 0.3) is 0 Å². The molecular formula is C98H143N19O22S6. The number of aliphatic carboxylic acids is 7. The van der Waals surface area contributed by atoms with E-state index in [9.17, 15) is 108 Å². The fourth-order valence-corrected chi connectivity index (χ4v) is 18.1. The summed E-state index contributed by atoms with van der Waals surface area (Å²) in [6, 6.07) is 23.9. The lowest BCUT2D eigenvalue weighted by molar-refractivity contribution is -0.142. The van der Waals surface area contributed by atoms with Gasteiger partial charge in [0.25, 0.3) is 5.91 Å². The minimum Gasteiger partial charge on any atom is -0.480 e. The van der Waals surface area contributed by atoms with E-state index in [0.29, 0.717) is 122 Å². The second-order valence-corrected chi connectivity index (χ2v) is 40.2. The highest BCUT2D eigenvalue weighted by Crippen LogP contribution is 2.27. The lowest BCUT2D eigenvalue weighted by Gasteiger charge is -2.35. The van der Waals surface area contributed by atoms with Crippen LogP contribution in [0.1, 0.15) is 131 Å². The molecule has 4 aromatic carbocycles. The van der Waals surface area contributed by atoms with Crippen LogP contribution >= 0.6 is 72.4 Å². The third-order valence-electron chi connectivity index (χ3n) is 24.5. The predicted octanol–water partition coefficient (Wildman–Crippen LogP) is 5.64. The first-order valence-corrected chi connectivity index (χ1v) is 52.9. The van der Waals surface area contributed by atoms with Crippen molar-refractivity contribution in [3.8, 4) is 0 Å². The van der Waals surface area contributed by atoms with E-state index in [4.69, 9.17) is 48.9 Å². The smallest absolute Gasteiger partial charge is 0.326 e. The maximum absolute atomic E-state index is 13.9. The SMILES string of the molecule is CC[C@H](C)[C@H](CC(=O)[C@H](CCSC)NC(=O)Nc1ccc(CNC(=O)CN2CCN(CC(=O)O)CCN(CC(=O)O)CCN(CC(=O)O)CC2)cc1)C(=O)NCCCC(=S)Cc1ccc(NC(C)=S)cc1.CSCC[C@H](NC(=O)c1cccc2c1CCN(C(=O)CN1CCN(CC(=O)O)CCN(CC(=O)O)CCN(CC(=O)O)CC1)C2)C(=O)CCC(=O)N[C@@H](CCCCNC(=S)Nc1ccc(NC(C)=S)cc1)C(=O)O. The van der Waals surface area contributed by atoms with Crippen molar-refractivity contribution >= 4 is 204 Å². The topological polar surface area (TPSA) is 547 Å². The first kappa shape index (κ1) is 123. The number of thioether (sulfide) groups is 2. The van der Waals surface area contributed by atoms with Crippen molar-refractivity contribution in [2.45, 2.75) is 142 Å². The van der Waals surface area contributed by atoms with Gasteiger partial charge in [0.15, 0.2) is 16.7 Å². The fraction of sp³-hybridized carbons (Fsp3) is 0.561. The Balaban J connectivity index is 0.000000444. The van der Waals surface area contributed by atoms with Crippen molar-refractivity contribution in [1.29, 1.82) is 0 Å². The Bertz CT molecular complexity index is 4920. The number of nitrogens with zero attached hydrogens (tertiary/aromatic N) is 9. The molecule has 0 unspecified atom stereocenters. The van der Waals surface area contributed by atoms with Gasteiger partial charge in [-0.15, -0.1) is 0 Å². The van der Waals surface area contributed by atoms with Crippen LogP contribution < -0.4 is 53.2 Å². The number of carbonyl (C=O) groups excluding carboxylic acids is 8. The lowest BCUT2D eigenvalue weighted by Crippen LogP contribution is -2.50. The highest BCUT2D eigenvalue weighted by molar-refractivity contribution is 7.98. The molecule has 2 fully saturated rings.